The number of ketones is 1. The number of halogens is 1. The van der Waals surface area contributed by atoms with Gasteiger partial charge in [0.15, 0.2) is 10.9 Å². The number of alkyl halides is 1. The normalized spacial score (nSPS) is 27.1. The zero-order chi connectivity index (χ0) is 13.2. The molecule has 3 nitrogen and oxygen atoms in total. The lowest BCUT2D eigenvalue weighted by molar-refractivity contribution is 0.101. The predicted octanol–water partition coefficient (Wildman–Crippen LogP) is 3.72. The van der Waals surface area contributed by atoms with E-state index in [4.69, 9.17) is 11.6 Å². The topological polar surface area (TPSA) is 33.2 Å². The van der Waals surface area contributed by atoms with E-state index in [1.54, 1.807) is 11.3 Å². The molecule has 1 aliphatic heterocycles. The molecule has 0 spiro atoms. The van der Waals surface area contributed by atoms with Crippen LogP contribution in [0.25, 0.3) is 0 Å². The number of carbonyl (C=O) groups is 1. The summed E-state index contributed by atoms with van der Waals surface area (Å²) in [4.78, 5) is 18.5. The van der Waals surface area contributed by atoms with E-state index in [0.29, 0.717) is 11.7 Å². The van der Waals surface area contributed by atoms with E-state index in [1.807, 2.05) is 5.38 Å². The Hall–Kier alpha value is -0.610. The number of fused-ring (bicyclic) bond motifs is 1. The van der Waals surface area contributed by atoms with Crippen LogP contribution in [-0.2, 0) is 0 Å². The molecule has 5 heteroatoms. The molecule has 0 unspecified atom stereocenters. The van der Waals surface area contributed by atoms with Crippen LogP contribution < -0.4 is 4.90 Å². The Morgan fingerprint density at radius 3 is 3.00 bits per heavy atom. The Bertz CT molecular complexity index is 460. The molecule has 2 aliphatic rings. The van der Waals surface area contributed by atoms with Gasteiger partial charge in [-0.2, -0.15) is 0 Å². The van der Waals surface area contributed by atoms with Gasteiger partial charge in [-0.15, -0.1) is 22.9 Å². The Balaban J connectivity index is 1.80. The number of rotatable bonds is 3. The van der Waals surface area contributed by atoms with E-state index in [-0.39, 0.29) is 11.7 Å². The number of Topliss-reactive ketones (excluding diaryl/α,β-unsaturated/α-hetero) is 1. The first-order valence-electron chi connectivity index (χ1n) is 7.11. The minimum Gasteiger partial charge on any atom is -0.345 e. The predicted molar refractivity (Wildman–Crippen MR) is 79.5 cm³/mol. The van der Waals surface area contributed by atoms with Crippen LogP contribution in [0.3, 0.4) is 0 Å². The van der Waals surface area contributed by atoms with Crippen molar-refractivity contribution in [2.75, 3.05) is 17.3 Å². The van der Waals surface area contributed by atoms with Gasteiger partial charge in [-0.3, -0.25) is 4.79 Å². The van der Waals surface area contributed by atoms with Gasteiger partial charge in [0.2, 0.25) is 0 Å². The van der Waals surface area contributed by atoms with Gasteiger partial charge in [-0.1, -0.05) is 12.8 Å². The van der Waals surface area contributed by atoms with E-state index in [0.717, 1.165) is 17.6 Å². The Kier molecular flexibility index (Phi) is 4.08. The summed E-state index contributed by atoms with van der Waals surface area (Å²) in [6, 6.07) is 0.646. The molecule has 1 aromatic rings. The van der Waals surface area contributed by atoms with Gasteiger partial charge in [0.1, 0.15) is 5.69 Å². The number of aromatic nitrogens is 1. The van der Waals surface area contributed by atoms with Gasteiger partial charge in [-0.25, -0.2) is 4.98 Å². The second-order valence-corrected chi connectivity index (χ2v) is 6.62. The van der Waals surface area contributed by atoms with Crippen molar-refractivity contribution in [2.45, 2.75) is 44.6 Å². The van der Waals surface area contributed by atoms with Crippen LogP contribution in [0.4, 0.5) is 5.13 Å². The summed E-state index contributed by atoms with van der Waals surface area (Å²) in [7, 11) is 0. The summed E-state index contributed by atoms with van der Waals surface area (Å²) in [5.41, 5.74) is 0.535. The molecule has 0 N–H and O–H groups in total. The highest BCUT2D eigenvalue weighted by atomic mass is 35.5. The molecule has 0 aromatic carbocycles. The second-order valence-electron chi connectivity index (χ2n) is 5.52. The van der Waals surface area contributed by atoms with Crippen LogP contribution >= 0.6 is 22.9 Å². The highest BCUT2D eigenvalue weighted by Gasteiger charge is 2.34. The number of nitrogens with zero attached hydrogens (tertiary/aromatic N) is 2. The van der Waals surface area contributed by atoms with Crippen molar-refractivity contribution in [3.63, 3.8) is 0 Å². The molecule has 1 aromatic heterocycles. The lowest BCUT2D eigenvalue weighted by atomic mass is 9.78. The zero-order valence-corrected chi connectivity index (χ0v) is 12.6. The summed E-state index contributed by atoms with van der Waals surface area (Å²) < 4.78 is 0. The maximum atomic E-state index is 11.6. The van der Waals surface area contributed by atoms with E-state index >= 15 is 0 Å². The highest BCUT2D eigenvalue weighted by molar-refractivity contribution is 7.14. The molecule has 19 heavy (non-hydrogen) atoms. The van der Waals surface area contributed by atoms with Gasteiger partial charge in [-0.05, 0) is 31.6 Å². The van der Waals surface area contributed by atoms with Crippen molar-refractivity contribution in [3.05, 3.63) is 11.1 Å². The molecule has 1 aliphatic carbocycles. The highest BCUT2D eigenvalue weighted by Crippen LogP contribution is 2.38. The van der Waals surface area contributed by atoms with Crippen molar-refractivity contribution in [3.8, 4) is 0 Å². The largest absolute Gasteiger partial charge is 0.345 e. The van der Waals surface area contributed by atoms with Crippen LogP contribution in [0.1, 0.15) is 49.0 Å². The fourth-order valence-corrected chi connectivity index (χ4v) is 4.51. The molecule has 2 heterocycles. The lowest BCUT2D eigenvalue weighted by Gasteiger charge is -2.44. The Morgan fingerprint density at radius 2 is 2.16 bits per heavy atom. The van der Waals surface area contributed by atoms with Crippen molar-refractivity contribution in [2.24, 2.45) is 5.92 Å². The number of piperidine rings is 1. The van der Waals surface area contributed by atoms with E-state index in [9.17, 15) is 4.79 Å². The van der Waals surface area contributed by atoms with Gasteiger partial charge in [0.05, 0.1) is 5.88 Å². The molecule has 1 saturated carbocycles. The summed E-state index contributed by atoms with van der Waals surface area (Å²) in [6.07, 6.45) is 7.96. The quantitative estimate of drug-likeness (QED) is 0.630. The first-order chi connectivity index (χ1) is 9.29. The molecular formula is C14H19ClN2OS. The molecule has 0 radical (unpaired) electrons. The maximum Gasteiger partial charge on any atom is 0.196 e. The summed E-state index contributed by atoms with van der Waals surface area (Å²) in [6.45, 7) is 1.09. The molecule has 2 atom stereocenters. The second kappa shape index (κ2) is 5.80. The first kappa shape index (κ1) is 13.4. The fraction of sp³-hybridized carbons (Fsp3) is 0.714. The number of hydrogen-bond acceptors (Lipinski definition) is 4. The average Bonchev–Trinajstić information content (AvgIpc) is 2.95. The Morgan fingerprint density at radius 1 is 1.37 bits per heavy atom. The van der Waals surface area contributed by atoms with Crippen molar-refractivity contribution in [1.82, 2.24) is 4.98 Å². The van der Waals surface area contributed by atoms with Gasteiger partial charge in [0.25, 0.3) is 0 Å². The molecule has 3 rings (SSSR count). The number of anilines is 1. The van der Waals surface area contributed by atoms with E-state index in [2.05, 4.69) is 9.88 Å². The van der Waals surface area contributed by atoms with Crippen LogP contribution in [0.15, 0.2) is 5.38 Å². The number of hydrogen-bond donors (Lipinski definition) is 0. The Labute approximate surface area is 123 Å². The molecule has 0 amide bonds. The van der Waals surface area contributed by atoms with E-state index < -0.39 is 0 Å². The summed E-state index contributed by atoms with van der Waals surface area (Å²) in [5.74, 6) is 0.787. The molecule has 2 fully saturated rings. The standard InChI is InChI=1S/C14H19ClN2OS/c15-8-13(18)11-9-19-14(16-11)17-7-3-5-10-4-1-2-6-12(10)17/h9-10,12H,1-8H2/t10-,12-/m1/s1. The third-order valence-corrected chi connectivity index (χ3v) is 5.51. The zero-order valence-electron chi connectivity index (χ0n) is 11.0. The lowest BCUT2D eigenvalue weighted by Crippen LogP contribution is -2.46. The van der Waals surface area contributed by atoms with E-state index in [1.165, 1.54) is 38.5 Å². The van der Waals surface area contributed by atoms with Crippen LogP contribution in [0.5, 0.6) is 0 Å². The third-order valence-electron chi connectivity index (χ3n) is 4.39. The third kappa shape index (κ3) is 2.65. The maximum absolute atomic E-state index is 11.6. The smallest absolute Gasteiger partial charge is 0.196 e. The van der Waals surface area contributed by atoms with Crippen molar-refractivity contribution in [1.29, 1.82) is 0 Å². The van der Waals surface area contributed by atoms with Crippen LogP contribution in [-0.4, -0.2) is 29.2 Å². The summed E-state index contributed by atoms with van der Waals surface area (Å²) in [5, 5.41) is 2.87. The fourth-order valence-electron chi connectivity index (χ4n) is 3.45. The van der Waals surface area contributed by atoms with Crippen LogP contribution in [0.2, 0.25) is 0 Å². The molecule has 0 bridgehead atoms. The number of thiazole rings is 1. The SMILES string of the molecule is O=C(CCl)c1csc(N2CCC[C@H]3CCCC[C@H]32)n1. The first-order valence-corrected chi connectivity index (χ1v) is 8.52. The van der Waals surface area contributed by atoms with Gasteiger partial charge < -0.3 is 4.90 Å². The van der Waals surface area contributed by atoms with Gasteiger partial charge in [0, 0.05) is 18.0 Å². The monoisotopic (exact) mass is 298 g/mol. The summed E-state index contributed by atoms with van der Waals surface area (Å²) >= 11 is 7.18. The van der Waals surface area contributed by atoms with Crippen molar-refractivity contribution >= 4 is 33.9 Å². The average molecular weight is 299 g/mol. The minimum atomic E-state index is -0.0682. The molecule has 104 valence electrons. The van der Waals surface area contributed by atoms with Crippen molar-refractivity contribution < 1.29 is 4.79 Å². The van der Waals surface area contributed by atoms with Gasteiger partial charge >= 0.3 is 0 Å². The number of carbonyl (C=O) groups excluding carboxylic acids is 1. The minimum absolute atomic E-state index is 0.0230. The molecular weight excluding hydrogens is 280 g/mol. The molecule has 1 saturated heterocycles. The van der Waals surface area contributed by atoms with Crippen LogP contribution in [0, 0.1) is 5.92 Å².